The molecule has 1 heterocycles. The summed E-state index contributed by atoms with van der Waals surface area (Å²) in [6.45, 7) is 4.03. The van der Waals surface area contributed by atoms with Gasteiger partial charge in [-0.05, 0) is 54.8 Å². The van der Waals surface area contributed by atoms with E-state index in [1.165, 1.54) is 6.07 Å². The van der Waals surface area contributed by atoms with Crippen LogP contribution in [0.15, 0.2) is 42.5 Å². The monoisotopic (exact) mass is 328 g/mol. The number of carbonyl (C=O) groups excluding carboxylic acids is 1. The number of hydrogen-bond acceptors (Lipinski definition) is 3. The maximum absolute atomic E-state index is 13.3. The molecule has 2 aromatic carbocycles. The van der Waals surface area contributed by atoms with Crippen molar-refractivity contribution in [2.24, 2.45) is 0 Å². The van der Waals surface area contributed by atoms with Crippen molar-refractivity contribution in [1.29, 1.82) is 0 Å². The number of nitrogens with zero attached hydrogens (tertiary/aromatic N) is 1. The molecule has 0 aromatic heterocycles. The van der Waals surface area contributed by atoms with E-state index in [1.807, 2.05) is 12.1 Å². The van der Waals surface area contributed by atoms with Crippen LogP contribution in [0.2, 0.25) is 0 Å². The molecule has 2 aromatic rings. The first-order valence-corrected chi connectivity index (χ1v) is 8.08. The second-order valence-corrected chi connectivity index (χ2v) is 6.29. The lowest BCUT2D eigenvalue weighted by atomic mass is 10.1. The van der Waals surface area contributed by atoms with Crippen LogP contribution >= 0.6 is 0 Å². The Hall–Kier alpha value is -2.24. The highest BCUT2D eigenvalue weighted by molar-refractivity contribution is 6.04. The fraction of sp³-hybridized carbons (Fsp3) is 0.316. The minimum absolute atomic E-state index is 0.218. The van der Waals surface area contributed by atoms with Gasteiger partial charge in [0, 0.05) is 30.9 Å². The van der Waals surface area contributed by atoms with Gasteiger partial charge in [0.25, 0.3) is 5.91 Å². The number of aryl methyl sites for hydroxylation is 1. The van der Waals surface area contributed by atoms with Crippen LogP contribution in [0.5, 0.6) is 0 Å². The number of β-amino-alcohol motifs (C(OH)–C–C–N with tert-alkyl or cyclic N) is 1. The maximum atomic E-state index is 13.3. The summed E-state index contributed by atoms with van der Waals surface area (Å²) < 4.78 is 13.3. The van der Waals surface area contributed by atoms with Gasteiger partial charge in [0.05, 0.1) is 6.10 Å². The highest BCUT2D eigenvalue weighted by Gasteiger charge is 2.19. The molecule has 1 saturated heterocycles. The second kappa shape index (κ2) is 7.11. The largest absolute Gasteiger partial charge is 0.392 e. The van der Waals surface area contributed by atoms with Gasteiger partial charge in [-0.15, -0.1) is 0 Å². The van der Waals surface area contributed by atoms with Crippen molar-refractivity contribution < 1.29 is 14.3 Å². The number of benzene rings is 2. The van der Waals surface area contributed by atoms with Gasteiger partial charge in [0.1, 0.15) is 5.82 Å². The van der Waals surface area contributed by atoms with Crippen LogP contribution < -0.4 is 5.32 Å². The molecule has 0 radical (unpaired) electrons. The number of anilines is 1. The van der Waals surface area contributed by atoms with E-state index in [1.54, 1.807) is 31.2 Å². The summed E-state index contributed by atoms with van der Waals surface area (Å²) in [5.74, 6) is -0.506. The number of likely N-dealkylation sites (tertiary alicyclic amines) is 1. The van der Waals surface area contributed by atoms with Crippen molar-refractivity contribution in [1.82, 2.24) is 4.90 Å². The number of hydrogen-bond donors (Lipinski definition) is 2. The fourth-order valence-electron chi connectivity index (χ4n) is 2.90. The lowest BCUT2D eigenvalue weighted by Gasteiger charge is -2.15. The lowest BCUT2D eigenvalue weighted by molar-refractivity contribution is 0.102. The zero-order valence-corrected chi connectivity index (χ0v) is 13.6. The molecular formula is C19H21FN2O2. The molecule has 5 heteroatoms. The Labute approximate surface area is 140 Å². The van der Waals surface area contributed by atoms with Gasteiger partial charge in [-0.3, -0.25) is 9.69 Å². The first-order valence-electron chi connectivity index (χ1n) is 8.08. The molecule has 126 valence electrons. The van der Waals surface area contributed by atoms with E-state index >= 15 is 0 Å². The molecule has 1 fully saturated rings. The van der Waals surface area contributed by atoms with E-state index in [2.05, 4.69) is 10.2 Å². The Balaban J connectivity index is 1.62. The van der Waals surface area contributed by atoms with Crippen LogP contribution in [0.4, 0.5) is 10.1 Å². The molecule has 1 atom stereocenters. The normalized spacial score (nSPS) is 17.9. The first-order chi connectivity index (χ1) is 11.5. The molecule has 4 nitrogen and oxygen atoms in total. The number of rotatable bonds is 4. The van der Waals surface area contributed by atoms with Gasteiger partial charge < -0.3 is 10.4 Å². The van der Waals surface area contributed by atoms with E-state index in [4.69, 9.17) is 0 Å². The molecule has 0 bridgehead atoms. The van der Waals surface area contributed by atoms with Gasteiger partial charge in [-0.2, -0.15) is 0 Å². The van der Waals surface area contributed by atoms with Crippen molar-refractivity contribution in [3.8, 4) is 0 Å². The van der Waals surface area contributed by atoms with Gasteiger partial charge in [0.2, 0.25) is 0 Å². The standard InChI is InChI=1S/C19H21FN2O2/c1-13-10-16(6-7-18(13)20)21-19(24)15-4-2-14(3-5-15)11-22-9-8-17(23)12-22/h2-7,10,17,23H,8-9,11-12H2,1H3,(H,21,24)/t17-/m0/s1. The van der Waals surface area contributed by atoms with Gasteiger partial charge in [-0.25, -0.2) is 4.39 Å². The Morgan fingerprint density at radius 1 is 1.29 bits per heavy atom. The molecule has 0 spiro atoms. The van der Waals surface area contributed by atoms with Crippen molar-refractivity contribution in [3.05, 3.63) is 65.0 Å². The Morgan fingerprint density at radius 3 is 2.67 bits per heavy atom. The summed E-state index contributed by atoms with van der Waals surface area (Å²) in [6, 6.07) is 11.9. The van der Waals surface area contributed by atoms with Crippen molar-refractivity contribution in [2.75, 3.05) is 18.4 Å². The molecule has 1 aliphatic heterocycles. The summed E-state index contributed by atoms with van der Waals surface area (Å²) >= 11 is 0. The average Bonchev–Trinajstić information content (AvgIpc) is 2.96. The summed E-state index contributed by atoms with van der Waals surface area (Å²) in [5.41, 5.74) is 2.74. The van der Waals surface area contributed by atoms with E-state index in [0.717, 1.165) is 25.1 Å². The third-order valence-electron chi connectivity index (χ3n) is 4.29. The average molecular weight is 328 g/mol. The SMILES string of the molecule is Cc1cc(NC(=O)c2ccc(CN3CC[C@H](O)C3)cc2)ccc1F. The van der Waals surface area contributed by atoms with Crippen LogP contribution in [0.3, 0.4) is 0 Å². The van der Waals surface area contributed by atoms with Crippen molar-refractivity contribution in [3.63, 3.8) is 0 Å². The van der Waals surface area contributed by atoms with Crippen molar-refractivity contribution in [2.45, 2.75) is 26.0 Å². The highest BCUT2D eigenvalue weighted by atomic mass is 19.1. The fourth-order valence-corrected chi connectivity index (χ4v) is 2.90. The lowest BCUT2D eigenvalue weighted by Crippen LogP contribution is -2.21. The molecule has 24 heavy (non-hydrogen) atoms. The molecule has 0 unspecified atom stereocenters. The molecule has 2 N–H and O–H groups in total. The number of carbonyl (C=O) groups is 1. The van der Waals surface area contributed by atoms with E-state index in [-0.39, 0.29) is 17.8 Å². The van der Waals surface area contributed by atoms with E-state index in [9.17, 15) is 14.3 Å². The highest BCUT2D eigenvalue weighted by Crippen LogP contribution is 2.16. The molecule has 0 saturated carbocycles. The zero-order chi connectivity index (χ0) is 17.1. The van der Waals surface area contributed by atoms with Gasteiger partial charge in [0.15, 0.2) is 0 Å². The number of halogens is 1. The smallest absolute Gasteiger partial charge is 0.255 e. The zero-order valence-electron chi connectivity index (χ0n) is 13.6. The molecule has 3 rings (SSSR count). The van der Waals surface area contributed by atoms with Crippen LogP contribution in [0.1, 0.15) is 27.9 Å². The Kier molecular flexibility index (Phi) is 4.92. The topological polar surface area (TPSA) is 52.6 Å². The Bertz CT molecular complexity index is 731. The van der Waals surface area contributed by atoms with Crippen LogP contribution in [0, 0.1) is 12.7 Å². The second-order valence-electron chi connectivity index (χ2n) is 6.29. The minimum Gasteiger partial charge on any atom is -0.392 e. The molecular weight excluding hydrogens is 307 g/mol. The van der Waals surface area contributed by atoms with E-state index < -0.39 is 0 Å². The van der Waals surface area contributed by atoms with Gasteiger partial charge >= 0.3 is 0 Å². The van der Waals surface area contributed by atoms with Crippen LogP contribution in [-0.4, -0.2) is 35.1 Å². The van der Waals surface area contributed by atoms with Crippen molar-refractivity contribution >= 4 is 11.6 Å². The number of aliphatic hydroxyl groups excluding tert-OH is 1. The summed E-state index contributed by atoms with van der Waals surface area (Å²) in [4.78, 5) is 14.5. The number of nitrogens with one attached hydrogen (secondary N) is 1. The summed E-state index contributed by atoms with van der Waals surface area (Å²) in [7, 11) is 0. The number of amides is 1. The minimum atomic E-state index is -0.288. The predicted octanol–water partition coefficient (Wildman–Crippen LogP) is 2.95. The Morgan fingerprint density at radius 2 is 2.04 bits per heavy atom. The van der Waals surface area contributed by atoms with Crippen LogP contribution in [-0.2, 0) is 6.54 Å². The molecule has 1 amide bonds. The summed E-state index contributed by atoms with van der Waals surface area (Å²) in [5, 5.41) is 12.3. The molecule has 0 aliphatic carbocycles. The predicted molar refractivity (Wildman–Crippen MR) is 91.4 cm³/mol. The molecule has 1 aliphatic rings. The third-order valence-corrected chi connectivity index (χ3v) is 4.29. The third kappa shape index (κ3) is 3.99. The quantitative estimate of drug-likeness (QED) is 0.907. The van der Waals surface area contributed by atoms with E-state index in [0.29, 0.717) is 23.4 Å². The first kappa shape index (κ1) is 16.6. The van der Waals surface area contributed by atoms with Gasteiger partial charge in [-0.1, -0.05) is 12.1 Å². The maximum Gasteiger partial charge on any atom is 0.255 e. The van der Waals surface area contributed by atoms with Crippen LogP contribution in [0.25, 0.3) is 0 Å². The number of aliphatic hydroxyl groups is 1. The summed E-state index contributed by atoms with van der Waals surface area (Å²) in [6.07, 6.45) is 0.589.